The van der Waals surface area contributed by atoms with Gasteiger partial charge in [-0.05, 0) is 24.2 Å². The number of pyridine rings is 1. The monoisotopic (exact) mass is 605 g/mol. The van der Waals surface area contributed by atoms with Crippen LogP contribution in [0.5, 0.6) is 0 Å². The largest absolute Gasteiger partial charge is 0.477 e. The zero-order valence-corrected chi connectivity index (χ0v) is 23.5. The van der Waals surface area contributed by atoms with Gasteiger partial charge in [0.25, 0.3) is 18.7 Å². The van der Waals surface area contributed by atoms with Crippen LogP contribution < -0.4 is 20.9 Å². The van der Waals surface area contributed by atoms with E-state index in [1.807, 2.05) is 36.9 Å². The normalized spacial score (nSPS) is 18.9. The molecule has 5 N–H and O–H groups in total. The lowest BCUT2D eigenvalue weighted by molar-refractivity contribution is -0.664. The maximum atomic E-state index is 13.2. The molecule has 0 saturated carbocycles. The molecule has 3 aromatic rings. The molecule has 1 saturated heterocycles. The summed E-state index contributed by atoms with van der Waals surface area (Å²) in [4.78, 5) is 52.6. The molecule has 2 aliphatic rings. The smallest absolute Gasteiger partial charge is 0.352 e. The van der Waals surface area contributed by atoms with Crippen molar-refractivity contribution in [3.63, 3.8) is 0 Å². The van der Waals surface area contributed by atoms with Gasteiger partial charge in [-0.3, -0.25) is 14.5 Å². The van der Waals surface area contributed by atoms with Crippen molar-refractivity contribution >= 4 is 63.1 Å². The van der Waals surface area contributed by atoms with Gasteiger partial charge >= 0.3 is 11.6 Å². The number of thioether (sulfide) groups is 1. The van der Waals surface area contributed by atoms with Gasteiger partial charge in [0, 0.05) is 42.9 Å². The van der Waals surface area contributed by atoms with Gasteiger partial charge in [0.15, 0.2) is 5.13 Å². The highest BCUT2D eigenvalue weighted by molar-refractivity contribution is 8.00. The Balaban J connectivity index is 1.38. The Kier molecular flexibility index (Phi) is 8.13. The van der Waals surface area contributed by atoms with Gasteiger partial charge in [0.05, 0.1) is 6.20 Å². The minimum absolute atomic E-state index is 0.0479. The molecule has 41 heavy (non-hydrogen) atoms. The second-order valence-corrected chi connectivity index (χ2v) is 10.9. The third-order valence-electron chi connectivity index (χ3n) is 6.53. The van der Waals surface area contributed by atoms with Crippen molar-refractivity contribution in [2.24, 2.45) is 5.16 Å². The SMILES string of the molecule is CNCCn1c(C)nc2c1ccc[n+]2CC1=C(C(=O)O)N2C(=O)C(NC(=O)/C(=N\OCF)c3nsc(N)n3)C2SC1. The number of nitrogens with one attached hydrogen (secondary N) is 2. The molecule has 1 fully saturated rings. The predicted molar refractivity (Wildman–Crippen MR) is 146 cm³/mol. The molecule has 15 nitrogen and oxygen atoms in total. The molecule has 2 unspecified atom stereocenters. The number of carboxylic acids is 1. The van der Waals surface area contributed by atoms with Crippen molar-refractivity contribution in [2.45, 2.75) is 31.4 Å². The van der Waals surface area contributed by atoms with Gasteiger partial charge in [-0.25, -0.2) is 13.8 Å². The Hall–Kier alpha value is -4.16. The molecule has 0 spiro atoms. The van der Waals surface area contributed by atoms with Crippen molar-refractivity contribution in [2.75, 3.05) is 31.9 Å². The number of carbonyl (C=O) groups is 3. The summed E-state index contributed by atoms with van der Waals surface area (Å²) in [5.74, 6) is -1.84. The van der Waals surface area contributed by atoms with Crippen molar-refractivity contribution in [1.29, 1.82) is 0 Å². The number of alkyl halides is 1. The van der Waals surface area contributed by atoms with Crippen LogP contribution in [0.2, 0.25) is 0 Å². The summed E-state index contributed by atoms with van der Waals surface area (Å²) in [5.41, 5.74) is 7.10. The summed E-state index contributed by atoms with van der Waals surface area (Å²) in [7, 11) is 1.87. The minimum Gasteiger partial charge on any atom is -0.477 e. The van der Waals surface area contributed by atoms with Gasteiger partial charge in [-0.1, -0.05) is 5.16 Å². The summed E-state index contributed by atoms with van der Waals surface area (Å²) >= 11 is 2.11. The first-order chi connectivity index (χ1) is 19.7. The van der Waals surface area contributed by atoms with E-state index in [1.54, 1.807) is 0 Å². The predicted octanol–water partition coefficient (Wildman–Crippen LogP) is -0.628. The number of halogens is 1. The molecule has 0 aliphatic carbocycles. The Morgan fingerprint density at radius 1 is 1.39 bits per heavy atom. The minimum atomic E-state index is -1.30. The number of aliphatic carboxylic acids is 1. The van der Waals surface area contributed by atoms with Gasteiger partial charge in [0.2, 0.25) is 17.4 Å². The van der Waals surface area contributed by atoms with Crippen molar-refractivity contribution < 1.29 is 33.3 Å². The average Bonchev–Trinajstić information content (AvgIpc) is 3.52. The molecule has 216 valence electrons. The molecule has 2 amide bonds. The summed E-state index contributed by atoms with van der Waals surface area (Å²) in [6, 6.07) is 2.77. The van der Waals surface area contributed by atoms with Crippen LogP contribution in [0.15, 0.2) is 34.8 Å². The highest BCUT2D eigenvalue weighted by Gasteiger charge is 2.54. The molecular formula is C23H26FN10O5S2+. The molecule has 18 heteroatoms. The number of anilines is 1. The number of oxime groups is 1. The van der Waals surface area contributed by atoms with Gasteiger partial charge < -0.3 is 30.9 Å². The number of aromatic nitrogens is 5. The van der Waals surface area contributed by atoms with Crippen LogP contribution in [0.1, 0.15) is 11.6 Å². The number of likely N-dealkylation sites (N-methyl/N-ethyl adjacent to an activating group) is 1. The highest BCUT2D eigenvalue weighted by Crippen LogP contribution is 2.40. The number of carbonyl (C=O) groups excluding carboxylic acids is 2. The fourth-order valence-corrected chi connectivity index (χ4v) is 6.48. The van der Waals surface area contributed by atoms with Crippen LogP contribution in [-0.2, 0) is 32.3 Å². The van der Waals surface area contributed by atoms with Crippen LogP contribution in [0.3, 0.4) is 0 Å². The molecular weight excluding hydrogens is 579 g/mol. The number of β-lactam (4-membered cyclic amide) rings is 1. The molecule has 5 rings (SSSR count). The number of rotatable bonds is 11. The number of fused-ring (bicyclic) bond motifs is 2. The van der Waals surface area contributed by atoms with Crippen LogP contribution in [0.25, 0.3) is 11.2 Å². The number of nitrogen functional groups attached to an aromatic ring is 1. The van der Waals surface area contributed by atoms with E-state index in [-0.39, 0.29) is 23.2 Å². The van der Waals surface area contributed by atoms with E-state index >= 15 is 0 Å². The lowest BCUT2D eigenvalue weighted by Gasteiger charge is -2.49. The van der Waals surface area contributed by atoms with Crippen molar-refractivity contribution in [3.8, 4) is 0 Å². The van der Waals surface area contributed by atoms with Crippen LogP contribution in [0, 0.1) is 6.92 Å². The Labute approximate surface area is 240 Å². The topological polar surface area (TPSA) is 194 Å². The molecule has 3 aromatic heterocycles. The molecule has 0 aromatic carbocycles. The van der Waals surface area contributed by atoms with Crippen LogP contribution in [-0.4, -0.2) is 90.0 Å². The number of carboxylic acid groups (broad SMARTS) is 1. The van der Waals surface area contributed by atoms with Gasteiger partial charge in [0.1, 0.15) is 29.2 Å². The lowest BCUT2D eigenvalue weighted by atomic mass is 10.0. The van der Waals surface area contributed by atoms with Gasteiger partial charge in [-0.15, -0.1) is 11.8 Å². The molecule has 5 heterocycles. The van der Waals surface area contributed by atoms with E-state index in [2.05, 4.69) is 34.6 Å². The maximum absolute atomic E-state index is 13.2. The quantitative estimate of drug-likeness (QED) is 0.0941. The summed E-state index contributed by atoms with van der Waals surface area (Å²) in [6.45, 7) is 2.29. The third-order valence-corrected chi connectivity index (χ3v) is 8.41. The highest BCUT2D eigenvalue weighted by atomic mass is 32.2. The number of nitrogens with zero attached hydrogens (tertiary/aromatic N) is 7. The zero-order valence-electron chi connectivity index (χ0n) is 21.9. The van der Waals surface area contributed by atoms with E-state index in [9.17, 15) is 23.9 Å². The molecule has 0 radical (unpaired) electrons. The standard InChI is InChI=1S/C23H25FN10O5S2/c1-11-27-18-13(33(11)7-5-26-2)4-3-6-32(18)8-12-9-40-21-15(20(36)34(21)16(12)22(37)38)28-19(35)14(30-39-10-24)17-29-23(25)41-31-17/h3-4,6,15,21,26H,5,7-10H2,1-2H3,(H3-,25,28,29,31,35,37,38)/p+1/b30-14-. The Morgan fingerprint density at radius 3 is 2.88 bits per heavy atom. The van der Waals surface area contributed by atoms with E-state index in [4.69, 9.17) is 10.7 Å². The second kappa shape index (κ2) is 11.8. The Bertz CT molecular complexity index is 1590. The first-order valence-corrected chi connectivity index (χ1v) is 14.1. The second-order valence-electron chi connectivity index (χ2n) is 9.01. The Morgan fingerprint density at radius 2 is 2.20 bits per heavy atom. The molecule has 2 atom stereocenters. The van der Waals surface area contributed by atoms with Crippen LogP contribution >= 0.6 is 23.3 Å². The van der Waals surface area contributed by atoms with Crippen LogP contribution in [0.4, 0.5) is 9.52 Å². The third kappa shape index (κ3) is 5.32. The number of nitrogens with two attached hydrogens (primary N) is 1. The van der Waals surface area contributed by atoms with E-state index < -0.39 is 41.8 Å². The number of hydrogen-bond acceptors (Lipinski definition) is 12. The number of amides is 2. The summed E-state index contributed by atoms with van der Waals surface area (Å²) in [5, 5.41) is 18.5. The number of hydrogen-bond donors (Lipinski definition) is 4. The fraction of sp³-hybridized carbons (Fsp3) is 0.391. The molecule has 0 bridgehead atoms. The zero-order chi connectivity index (χ0) is 29.3. The first kappa shape index (κ1) is 28.4. The van der Waals surface area contributed by atoms with Gasteiger partial charge in [-0.2, -0.15) is 9.36 Å². The molecule has 2 aliphatic heterocycles. The fourth-order valence-electron chi connectivity index (χ4n) is 4.71. The lowest BCUT2D eigenvalue weighted by Crippen LogP contribution is -2.71. The van der Waals surface area contributed by atoms with Crippen molar-refractivity contribution in [1.82, 2.24) is 34.4 Å². The van der Waals surface area contributed by atoms with Crippen molar-refractivity contribution in [3.05, 3.63) is 41.2 Å². The van der Waals surface area contributed by atoms with E-state index in [1.165, 1.54) is 16.7 Å². The number of imidazole rings is 1. The summed E-state index contributed by atoms with van der Waals surface area (Å²) in [6.07, 6.45) is 1.82. The number of aryl methyl sites for hydroxylation is 1. The average molecular weight is 606 g/mol. The first-order valence-electron chi connectivity index (χ1n) is 12.3. The van der Waals surface area contributed by atoms with E-state index in [0.29, 0.717) is 17.0 Å². The maximum Gasteiger partial charge on any atom is 0.352 e. The summed E-state index contributed by atoms with van der Waals surface area (Å²) < 4.78 is 20.4. The van der Waals surface area contributed by atoms with E-state index in [0.717, 1.165) is 36.0 Å².